The molecule has 1 N–H and O–H groups in total. The molecule has 1 aromatic heterocycles. The van der Waals surface area contributed by atoms with E-state index >= 15 is 0 Å². The van der Waals surface area contributed by atoms with Gasteiger partial charge < -0.3 is 5.32 Å². The van der Waals surface area contributed by atoms with Crippen LogP contribution in [0.15, 0.2) is 12.3 Å². The zero-order valence-electron chi connectivity index (χ0n) is 9.30. The summed E-state index contributed by atoms with van der Waals surface area (Å²) < 4.78 is 10.9. The third-order valence-corrected chi connectivity index (χ3v) is 2.79. The Hall–Kier alpha value is -1.48. The van der Waals surface area contributed by atoms with Crippen LogP contribution in [0.25, 0.3) is 0 Å². The van der Waals surface area contributed by atoms with Gasteiger partial charge in [0.15, 0.2) is 0 Å². The van der Waals surface area contributed by atoms with Crippen molar-refractivity contribution in [2.45, 2.75) is 19.4 Å². The van der Waals surface area contributed by atoms with Gasteiger partial charge in [0.2, 0.25) is 5.95 Å². The highest BCUT2D eigenvalue weighted by molar-refractivity contribution is 7.84. The summed E-state index contributed by atoms with van der Waals surface area (Å²) >= 11 is 0. The molecule has 2 atom stereocenters. The largest absolute Gasteiger partial charge is 0.352 e. The van der Waals surface area contributed by atoms with Gasteiger partial charge >= 0.3 is 0 Å². The quantitative estimate of drug-likeness (QED) is 0.825. The summed E-state index contributed by atoms with van der Waals surface area (Å²) in [5.74, 6) is 1.08. The summed E-state index contributed by atoms with van der Waals surface area (Å²) in [7, 11) is -0.783. The van der Waals surface area contributed by atoms with Crippen LogP contribution in [-0.2, 0) is 10.8 Å². The zero-order chi connectivity index (χ0) is 12.0. The fourth-order valence-electron chi connectivity index (χ4n) is 1.13. The summed E-state index contributed by atoms with van der Waals surface area (Å²) in [5.41, 5.74) is 0.337. The van der Waals surface area contributed by atoms with E-state index in [1.165, 1.54) is 0 Å². The Morgan fingerprint density at radius 3 is 3.06 bits per heavy atom. The Kier molecular flexibility index (Phi) is 4.86. The van der Waals surface area contributed by atoms with E-state index in [9.17, 15) is 4.21 Å². The molecule has 5 nitrogen and oxygen atoms in total. The van der Waals surface area contributed by atoms with E-state index in [0.717, 1.165) is 6.42 Å². The molecule has 0 aromatic carbocycles. The van der Waals surface area contributed by atoms with Crippen LogP contribution in [0.5, 0.6) is 0 Å². The molecule has 0 aliphatic heterocycles. The van der Waals surface area contributed by atoms with Gasteiger partial charge in [-0.1, -0.05) is 0 Å². The maximum absolute atomic E-state index is 10.9. The molecular weight excluding hydrogens is 224 g/mol. The highest BCUT2D eigenvalue weighted by Crippen LogP contribution is 2.04. The summed E-state index contributed by atoms with van der Waals surface area (Å²) in [4.78, 5) is 8.00. The van der Waals surface area contributed by atoms with Crippen molar-refractivity contribution < 1.29 is 4.21 Å². The minimum absolute atomic E-state index is 0.137. The van der Waals surface area contributed by atoms with Crippen molar-refractivity contribution in [3.8, 4) is 6.07 Å². The van der Waals surface area contributed by atoms with E-state index in [2.05, 4.69) is 15.3 Å². The summed E-state index contributed by atoms with van der Waals surface area (Å²) in [5, 5.41) is 11.7. The van der Waals surface area contributed by atoms with Gasteiger partial charge in [-0.15, -0.1) is 0 Å². The Balaban J connectivity index is 2.52. The van der Waals surface area contributed by atoms with Gasteiger partial charge in [0.25, 0.3) is 0 Å². The first kappa shape index (κ1) is 12.6. The van der Waals surface area contributed by atoms with Crippen molar-refractivity contribution in [1.29, 1.82) is 5.26 Å². The normalized spacial score (nSPS) is 13.8. The molecule has 0 aliphatic carbocycles. The molecule has 0 fully saturated rings. The van der Waals surface area contributed by atoms with Crippen molar-refractivity contribution in [2.75, 3.05) is 17.3 Å². The second-order valence-electron chi connectivity index (χ2n) is 3.49. The Bertz CT molecular complexity index is 416. The zero-order valence-corrected chi connectivity index (χ0v) is 10.1. The average Bonchev–Trinajstić information content (AvgIpc) is 2.26. The summed E-state index contributed by atoms with van der Waals surface area (Å²) in [6, 6.07) is 3.64. The number of rotatable bonds is 5. The minimum Gasteiger partial charge on any atom is -0.352 e. The number of hydrogen-bond acceptors (Lipinski definition) is 5. The van der Waals surface area contributed by atoms with E-state index in [4.69, 9.17) is 5.26 Å². The number of nitrogens with zero attached hydrogens (tertiary/aromatic N) is 3. The molecule has 1 heterocycles. The van der Waals surface area contributed by atoms with Crippen LogP contribution in [0.4, 0.5) is 5.95 Å². The van der Waals surface area contributed by atoms with Gasteiger partial charge in [-0.05, 0) is 19.4 Å². The smallest absolute Gasteiger partial charge is 0.224 e. The fourth-order valence-corrected chi connectivity index (χ4v) is 1.81. The monoisotopic (exact) mass is 238 g/mol. The van der Waals surface area contributed by atoms with Crippen LogP contribution < -0.4 is 5.32 Å². The number of aromatic nitrogens is 2. The lowest BCUT2D eigenvalue weighted by molar-refractivity contribution is 0.677. The minimum atomic E-state index is -0.783. The third kappa shape index (κ3) is 4.36. The predicted octanol–water partition coefficient (Wildman–Crippen LogP) is 0.917. The lowest BCUT2D eigenvalue weighted by Gasteiger charge is -2.12. The molecule has 0 spiro atoms. The highest BCUT2D eigenvalue weighted by atomic mass is 32.2. The molecule has 0 amide bonds. The third-order valence-electron chi connectivity index (χ3n) is 1.98. The molecule has 0 radical (unpaired) electrons. The van der Waals surface area contributed by atoms with Crippen molar-refractivity contribution in [3.05, 3.63) is 18.0 Å². The number of nitriles is 1. The first-order chi connectivity index (χ1) is 7.61. The summed E-state index contributed by atoms with van der Waals surface area (Å²) in [6.45, 7) is 1.97. The number of anilines is 1. The molecule has 0 saturated heterocycles. The van der Waals surface area contributed by atoms with Gasteiger partial charge in [0.05, 0.1) is 0 Å². The van der Waals surface area contributed by atoms with E-state index in [1.807, 2.05) is 13.0 Å². The van der Waals surface area contributed by atoms with Crippen molar-refractivity contribution in [2.24, 2.45) is 0 Å². The van der Waals surface area contributed by atoms with E-state index in [0.29, 0.717) is 17.4 Å². The maximum atomic E-state index is 10.9. The standard InChI is InChI=1S/C10H14N4OS/c1-8(4-6-16(2)15)13-10-12-5-3-9(7-11)14-10/h3,5,8H,4,6H2,1-2H3,(H,12,13,14). The first-order valence-electron chi connectivity index (χ1n) is 4.91. The van der Waals surface area contributed by atoms with Crippen molar-refractivity contribution in [1.82, 2.24) is 9.97 Å². The Labute approximate surface area is 97.4 Å². The number of nitrogens with one attached hydrogen (secondary N) is 1. The molecule has 0 aliphatic rings. The van der Waals surface area contributed by atoms with Gasteiger partial charge in [-0.2, -0.15) is 5.26 Å². The van der Waals surface area contributed by atoms with Crippen LogP contribution in [0.1, 0.15) is 19.0 Å². The Morgan fingerprint density at radius 2 is 2.44 bits per heavy atom. The van der Waals surface area contributed by atoms with Crippen LogP contribution >= 0.6 is 0 Å². The van der Waals surface area contributed by atoms with Gasteiger partial charge in [0.1, 0.15) is 11.8 Å². The fraction of sp³-hybridized carbons (Fsp3) is 0.500. The summed E-state index contributed by atoms with van der Waals surface area (Å²) in [6.07, 6.45) is 4.00. The first-order valence-corrected chi connectivity index (χ1v) is 6.64. The van der Waals surface area contributed by atoms with Gasteiger partial charge in [-0.25, -0.2) is 9.97 Å². The molecular formula is C10H14N4OS. The van der Waals surface area contributed by atoms with Gasteiger partial charge in [0, 0.05) is 35.0 Å². The predicted molar refractivity (Wildman–Crippen MR) is 63.4 cm³/mol. The highest BCUT2D eigenvalue weighted by Gasteiger charge is 2.05. The van der Waals surface area contributed by atoms with E-state index < -0.39 is 10.8 Å². The molecule has 1 rings (SSSR count). The van der Waals surface area contributed by atoms with E-state index in [-0.39, 0.29) is 6.04 Å². The van der Waals surface area contributed by atoms with Crippen molar-refractivity contribution >= 4 is 16.7 Å². The molecule has 86 valence electrons. The molecule has 0 bridgehead atoms. The lowest BCUT2D eigenvalue weighted by atomic mass is 10.3. The topological polar surface area (TPSA) is 78.7 Å². The van der Waals surface area contributed by atoms with Crippen molar-refractivity contribution in [3.63, 3.8) is 0 Å². The maximum Gasteiger partial charge on any atom is 0.224 e. The molecule has 1 aromatic rings. The van der Waals surface area contributed by atoms with Crippen LogP contribution in [0.2, 0.25) is 0 Å². The number of hydrogen-bond donors (Lipinski definition) is 1. The SMILES string of the molecule is CC(CCS(C)=O)Nc1nccc(C#N)n1. The molecule has 2 unspecified atom stereocenters. The average molecular weight is 238 g/mol. The van der Waals surface area contributed by atoms with Crippen LogP contribution in [-0.4, -0.2) is 32.2 Å². The lowest BCUT2D eigenvalue weighted by Crippen LogP contribution is -2.19. The van der Waals surface area contributed by atoms with E-state index in [1.54, 1.807) is 18.5 Å². The second kappa shape index (κ2) is 6.18. The molecule has 16 heavy (non-hydrogen) atoms. The van der Waals surface area contributed by atoms with Gasteiger partial charge in [-0.3, -0.25) is 4.21 Å². The van der Waals surface area contributed by atoms with Crippen LogP contribution in [0.3, 0.4) is 0 Å². The second-order valence-corrected chi connectivity index (χ2v) is 5.04. The molecule has 6 heteroatoms. The Morgan fingerprint density at radius 1 is 1.69 bits per heavy atom. The molecule has 0 saturated carbocycles. The van der Waals surface area contributed by atoms with Crippen LogP contribution in [0, 0.1) is 11.3 Å².